The molecule has 1 aromatic heterocycles. The number of rotatable bonds is 7. The van der Waals surface area contributed by atoms with Crippen LogP contribution in [0.3, 0.4) is 0 Å². The Labute approximate surface area is 184 Å². The van der Waals surface area contributed by atoms with Gasteiger partial charge in [-0.1, -0.05) is 12.1 Å². The first kappa shape index (κ1) is 21.8. The predicted molar refractivity (Wildman–Crippen MR) is 120 cm³/mol. The van der Waals surface area contributed by atoms with Crippen molar-refractivity contribution in [3.05, 3.63) is 84.1 Å². The summed E-state index contributed by atoms with van der Waals surface area (Å²) in [4.78, 5) is -0.162. The highest BCUT2D eigenvalue weighted by Crippen LogP contribution is 2.31. The van der Waals surface area contributed by atoms with Crippen LogP contribution in [0, 0.1) is 11.6 Å². The Bertz CT molecular complexity index is 1400. The van der Waals surface area contributed by atoms with Crippen molar-refractivity contribution in [2.75, 3.05) is 19.5 Å². The molecule has 0 aliphatic rings. The molecule has 0 amide bonds. The van der Waals surface area contributed by atoms with Crippen molar-refractivity contribution in [2.45, 2.75) is 11.4 Å². The second-order valence-electron chi connectivity index (χ2n) is 7.15. The molecule has 0 spiro atoms. The summed E-state index contributed by atoms with van der Waals surface area (Å²) in [6, 6.07) is 14.4. The minimum absolute atomic E-state index is 0.162. The van der Waals surface area contributed by atoms with Gasteiger partial charge in [-0.25, -0.2) is 21.2 Å². The normalized spacial score (nSPS) is 11.6. The van der Waals surface area contributed by atoms with E-state index in [0.29, 0.717) is 28.9 Å². The van der Waals surface area contributed by atoms with Crippen LogP contribution in [0.15, 0.2) is 71.8 Å². The quantitative estimate of drug-likeness (QED) is 0.424. The molecule has 0 fully saturated rings. The maximum Gasteiger partial charge on any atom is 0.268 e. The zero-order valence-electron chi connectivity index (χ0n) is 17.4. The molecule has 0 bridgehead atoms. The fourth-order valence-corrected chi connectivity index (χ4v) is 4.91. The van der Waals surface area contributed by atoms with Crippen LogP contribution < -0.4 is 15.4 Å². The number of nitrogens with one attached hydrogen (secondary N) is 2. The van der Waals surface area contributed by atoms with Crippen LogP contribution >= 0.6 is 0 Å². The van der Waals surface area contributed by atoms with Crippen LogP contribution in [0.2, 0.25) is 0 Å². The first-order chi connectivity index (χ1) is 15.3. The van der Waals surface area contributed by atoms with Gasteiger partial charge < -0.3 is 15.4 Å². The smallest absolute Gasteiger partial charge is 0.268 e. The highest BCUT2D eigenvalue weighted by molar-refractivity contribution is 7.90. The number of aromatic nitrogens is 1. The molecule has 4 rings (SSSR count). The Morgan fingerprint density at radius 1 is 1.03 bits per heavy atom. The molecular formula is C23H21F2N3O3S. The van der Waals surface area contributed by atoms with E-state index < -0.39 is 21.7 Å². The van der Waals surface area contributed by atoms with Crippen LogP contribution in [0.4, 0.5) is 20.2 Å². The number of halogens is 2. The van der Waals surface area contributed by atoms with Gasteiger partial charge in [0.2, 0.25) is 0 Å². The summed E-state index contributed by atoms with van der Waals surface area (Å²) < 4.78 is 60.8. The van der Waals surface area contributed by atoms with Gasteiger partial charge in [-0.3, -0.25) is 0 Å². The summed E-state index contributed by atoms with van der Waals surface area (Å²) in [6.07, 6.45) is 1.51. The van der Waals surface area contributed by atoms with Gasteiger partial charge >= 0.3 is 0 Å². The van der Waals surface area contributed by atoms with Crippen LogP contribution in [0.5, 0.6) is 5.75 Å². The summed E-state index contributed by atoms with van der Waals surface area (Å²) in [6.45, 7) is 0.433. The molecule has 0 unspecified atom stereocenters. The number of hydrogen-bond donors (Lipinski definition) is 2. The van der Waals surface area contributed by atoms with Gasteiger partial charge in [-0.05, 0) is 55.1 Å². The number of ether oxygens (including phenoxy) is 1. The average molecular weight is 458 g/mol. The molecule has 3 aromatic carbocycles. The van der Waals surface area contributed by atoms with Gasteiger partial charge in [0.05, 0.1) is 23.2 Å². The van der Waals surface area contributed by atoms with Crippen molar-refractivity contribution in [1.29, 1.82) is 0 Å². The lowest BCUT2D eigenvalue weighted by molar-refractivity contribution is 0.411. The molecule has 32 heavy (non-hydrogen) atoms. The molecule has 166 valence electrons. The van der Waals surface area contributed by atoms with Crippen molar-refractivity contribution < 1.29 is 21.9 Å². The van der Waals surface area contributed by atoms with E-state index in [2.05, 4.69) is 10.6 Å². The maximum absolute atomic E-state index is 14.4. The Morgan fingerprint density at radius 2 is 1.84 bits per heavy atom. The van der Waals surface area contributed by atoms with E-state index in [1.54, 1.807) is 31.3 Å². The highest BCUT2D eigenvalue weighted by Gasteiger charge is 2.22. The molecule has 1 heterocycles. The van der Waals surface area contributed by atoms with Crippen molar-refractivity contribution in [2.24, 2.45) is 0 Å². The fourth-order valence-electron chi connectivity index (χ4n) is 3.49. The second-order valence-corrected chi connectivity index (χ2v) is 8.96. The number of fused-ring (bicyclic) bond motifs is 1. The van der Waals surface area contributed by atoms with Gasteiger partial charge in [0.1, 0.15) is 17.4 Å². The summed E-state index contributed by atoms with van der Waals surface area (Å²) in [5.41, 5.74) is 1.85. The topological polar surface area (TPSA) is 72.4 Å². The van der Waals surface area contributed by atoms with E-state index in [1.165, 1.54) is 43.6 Å². The zero-order valence-corrected chi connectivity index (χ0v) is 18.2. The molecule has 0 radical (unpaired) electrons. The minimum Gasteiger partial charge on any atom is -0.497 e. The first-order valence-corrected chi connectivity index (χ1v) is 11.2. The lowest BCUT2D eigenvalue weighted by Gasteiger charge is -2.11. The van der Waals surface area contributed by atoms with E-state index in [4.69, 9.17) is 4.74 Å². The Hall–Kier alpha value is -3.43. The molecule has 0 saturated carbocycles. The molecule has 0 aliphatic carbocycles. The van der Waals surface area contributed by atoms with Crippen LogP contribution in [-0.2, 0) is 16.6 Å². The molecule has 9 heteroatoms. The first-order valence-electron chi connectivity index (χ1n) is 9.74. The Kier molecular flexibility index (Phi) is 5.86. The van der Waals surface area contributed by atoms with Gasteiger partial charge in [0, 0.05) is 29.9 Å². The highest BCUT2D eigenvalue weighted by atomic mass is 32.2. The molecule has 4 aromatic rings. The van der Waals surface area contributed by atoms with Crippen LogP contribution in [0.1, 0.15) is 5.56 Å². The van der Waals surface area contributed by atoms with E-state index in [9.17, 15) is 17.2 Å². The van der Waals surface area contributed by atoms with Gasteiger partial charge in [-0.2, -0.15) is 0 Å². The van der Waals surface area contributed by atoms with Crippen molar-refractivity contribution in [3.63, 3.8) is 0 Å². The average Bonchev–Trinajstić information content (AvgIpc) is 3.14. The number of anilines is 2. The molecule has 0 aliphatic heterocycles. The molecule has 2 N–H and O–H groups in total. The monoisotopic (exact) mass is 457 g/mol. The van der Waals surface area contributed by atoms with Crippen molar-refractivity contribution in [3.8, 4) is 5.75 Å². The van der Waals surface area contributed by atoms with Crippen molar-refractivity contribution in [1.82, 2.24) is 9.29 Å². The number of benzene rings is 3. The Morgan fingerprint density at radius 3 is 2.53 bits per heavy atom. The zero-order chi connectivity index (χ0) is 22.9. The molecule has 6 nitrogen and oxygen atoms in total. The minimum atomic E-state index is -4.06. The summed E-state index contributed by atoms with van der Waals surface area (Å²) >= 11 is 0. The van der Waals surface area contributed by atoms with Gasteiger partial charge in [-0.15, -0.1) is 0 Å². The molecular weight excluding hydrogens is 436 g/mol. The lowest BCUT2D eigenvalue weighted by atomic mass is 10.1. The number of hydrogen-bond acceptors (Lipinski definition) is 5. The van der Waals surface area contributed by atoms with Crippen molar-refractivity contribution >= 4 is 32.3 Å². The van der Waals surface area contributed by atoms with E-state index >= 15 is 0 Å². The fraction of sp³-hybridized carbons (Fsp3) is 0.130. The molecule has 0 atom stereocenters. The van der Waals surface area contributed by atoms with E-state index in [1.807, 2.05) is 0 Å². The summed E-state index contributed by atoms with van der Waals surface area (Å²) in [5.74, 6) is -0.770. The van der Waals surface area contributed by atoms with Crippen LogP contribution in [-0.4, -0.2) is 26.5 Å². The third-order valence-electron chi connectivity index (χ3n) is 5.03. The third kappa shape index (κ3) is 4.04. The SMILES string of the molecule is CNCc1cn(S(=O)(=O)c2cccc(F)c2)c2cc(Nc3ccc(OC)cc3F)ccc12. The van der Waals surface area contributed by atoms with Gasteiger partial charge in [0.25, 0.3) is 10.0 Å². The Balaban J connectivity index is 1.83. The number of methoxy groups -OCH3 is 1. The molecule has 0 saturated heterocycles. The lowest BCUT2D eigenvalue weighted by Crippen LogP contribution is -2.12. The van der Waals surface area contributed by atoms with Crippen LogP contribution in [0.25, 0.3) is 10.9 Å². The predicted octanol–water partition coefficient (Wildman–Crippen LogP) is 4.63. The third-order valence-corrected chi connectivity index (χ3v) is 6.70. The van der Waals surface area contributed by atoms with E-state index in [-0.39, 0.29) is 10.6 Å². The van der Waals surface area contributed by atoms with E-state index in [0.717, 1.165) is 15.6 Å². The summed E-state index contributed by atoms with van der Waals surface area (Å²) in [7, 11) is -0.855. The second kappa shape index (κ2) is 8.60. The standard InChI is InChI=1S/C23H21F2N3O3S/c1-26-13-15-14-28(32(29,30)19-5-3-4-16(24)10-19)23-11-17(6-8-20(15)23)27-22-9-7-18(31-2)12-21(22)25/h3-12,14,26-27H,13H2,1-2H3. The number of nitrogens with zero attached hydrogens (tertiary/aromatic N) is 1. The maximum atomic E-state index is 14.4. The summed E-state index contributed by atoms with van der Waals surface area (Å²) in [5, 5.41) is 6.70. The van der Waals surface area contributed by atoms with Gasteiger partial charge in [0.15, 0.2) is 0 Å². The largest absolute Gasteiger partial charge is 0.497 e.